The Bertz CT molecular complexity index is 1520. The van der Waals surface area contributed by atoms with E-state index in [1.54, 1.807) is 12.3 Å². The highest BCUT2D eigenvalue weighted by Gasteiger charge is 2.31. The van der Waals surface area contributed by atoms with Crippen molar-refractivity contribution in [2.24, 2.45) is 17.2 Å². The summed E-state index contributed by atoms with van der Waals surface area (Å²) in [5.41, 5.74) is 18.2. The standard InChI is InChI=1S/C29H35N7O8/c30-19(9-10-24(31)38)26(40)34-22(12-16-14-33-20-4-2-1-3-18(16)20)28(42)35-21(11-15-5-7-17(37)8-6-15)27(41)36-23(29(43)44)13-25(32)39/h1-8,14,19,21-23,33,37H,9-13,30H2,(H2,31,38)(H2,32,39)(H,34,40)(H,35,42)(H,36,41)(H,43,44). The van der Waals surface area contributed by atoms with Crippen LogP contribution in [0.4, 0.5) is 0 Å². The number of carbonyl (C=O) groups excluding carboxylic acids is 5. The number of benzene rings is 2. The summed E-state index contributed by atoms with van der Waals surface area (Å²) in [5, 5.41) is 27.3. The van der Waals surface area contributed by atoms with Gasteiger partial charge in [-0.15, -0.1) is 0 Å². The second-order valence-corrected chi connectivity index (χ2v) is 10.2. The van der Waals surface area contributed by atoms with Crippen LogP contribution in [0.25, 0.3) is 10.9 Å². The molecule has 4 atom stereocenters. The van der Waals surface area contributed by atoms with Crippen molar-refractivity contribution in [3.05, 3.63) is 65.9 Å². The van der Waals surface area contributed by atoms with E-state index in [-0.39, 0.29) is 31.4 Å². The number of carboxylic acids is 1. The first-order valence-corrected chi connectivity index (χ1v) is 13.6. The van der Waals surface area contributed by atoms with Gasteiger partial charge < -0.3 is 48.3 Å². The number of nitrogens with two attached hydrogens (primary N) is 3. The van der Waals surface area contributed by atoms with Crippen molar-refractivity contribution < 1.29 is 39.0 Å². The summed E-state index contributed by atoms with van der Waals surface area (Å²) >= 11 is 0. The average Bonchev–Trinajstić information content (AvgIpc) is 3.38. The van der Waals surface area contributed by atoms with E-state index in [4.69, 9.17) is 17.2 Å². The van der Waals surface area contributed by atoms with Crippen molar-refractivity contribution in [3.63, 3.8) is 0 Å². The molecule has 44 heavy (non-hydrogen) atoms. The molecule has 2 aromatic carbocycles. The molecule has 0 aliphatic heterocycles. The van der Waals surface area contributed by atoms with Crippen LogP contribution in [-0.4, -0.2) is 74.9 Å². The Morgan fingerprint density at radius 1 is 0.773 bits per heavy atom. The predicted molar refractivity (Wildman–Crippen MR) is 157 cm³/mol. The monoisotopic (exact) mass is 609 g/mol. The molecule has 0 spiro atoms. The number of hydrogen-bond donors (Lipinski definition) is 9. The van der Waals surface area contributed by atoms with Crippen LogP contribution in [0.2, 0.25) is 0 Å². The topological polar surface area (TPSA) is 273 Å². The average molecular weight is 610 g/mol. The number of aromatic hydroxyl groups is 1. The van der Waals surface area contributed by atoms with Gasteiger partial charge in [-0.3, -0.25) is 24.0 Å². The summed E-state index contributed by atoms with van der Waals surface area (Å²) in [5.74, 6) is -5.65. The minimum absolute atomic E-state index is 0.0307. The van der Waals surface area contributed by atoms with Gasteiger partial charge in [-0.05, 0) is 35.7 Å². The summed E-state index contributed by atoms with van der Waals surface area (Å²) in [4.78, 5) is 77.3. The van der Waals surface area contributed by atoms with Crippen molar-refractivity contribution in [1.29, 1.82) is 0 Å². The molecular weight excluding hydrogens is 574 g/mol. The number of phenols is 1. The number of amides is 5. The Morgan fingerprint density at radius 3 is 1.98 bits per heavy atom. The number of primary amides is 2. The Kier molecular flexibility index (Phi) is 11.4. The minimum Gasteiger partial charge on any atom is -0.508 e. The number of rotatable bonds is 16. The van der Waals surface area contributed by atoms with E-state index in [9.17, 15) is 39.0 Å². The third-order valence-electron chi connectivity index (χ3n) is 6.80. The van der Waals surface area contributed by atoms with E-state index in [2.05, 4.69) is 20.9 Å². The third-order valence-corrected chi connectivity index (χ3v) is 6.80. The van der Waals surface area contributed by atoms with Gasteiger partial charge in [0.1, 0.15) is 23.9 Å². The molecular formula is C29H35N7O8. The zero-order chi connectivity index (χ0) is 32.4. The van der Waals surface area contributed by atoms with E-state index in [0.29, 0.717) is 11.1 Å². The van der Waals surface area contributed by atoms with Crippen molar-refractivity contribution in [1.82, 2.24) is 20.9 Å². The van der Waals surface area contributed by atoms with E-state index >= 15 is 0 Å². The maximum Gasteiger partial charge on any atom is 0.326 e. The first-order chi connectivity index (χ1) is 20.8. The molecule has 15 nitrogen and oxygen atoms in total. The number of carbonyl (C=O) groups is 6. The Labute approximate surface area is 251 Å². The Hall–Kier alpha value is -5.44. The first kappa shape index (κ1) is 33.1. The van der Waals surface area contributed by atoms with E-state index in [0.717, 1.165) is 10.9 Å². The van der Waals surface area contributed by atoms with Crippen LogP contribution in [0.3, 0.4) is 0 Å². The van der Waals surface area contributed by atoms with Gasteiger partial charge in [0, 0.05) is 36.4 Å². The summed E-state index contributed by atoms with van der Waals surface area (Å²) < 4.78 is 0. The molecule has 3 rings (SSSR count). The maximum atomic E-state index is 13.7. The number of aromatic amines is 1. The molecule has 234 valence electrons. The summed E-state index contributed by atoms with van der Waals surface area (Å²) in [6, 6.07) is 7.54. The zero-order valence-corrected chi connectivity index (χ0v) is 23.6. The molecule has 0 radical (unpaired) electrons. The molecule has 0 saturated carbocycles. The molecule has 1 aromatic heterocycles. The fourth-order valence-corrected chi connectivity index (χ4v) is 4.46. The Morgan fingerprint density at radius 2 is 1.36 bits per heavy atom. The van der Waals surface area contributed by atoms with Crippen molar-refractivity contribution in [2.75, 3.05) is 0 Å². The molecule has 0 saturated heterocycles. The van der Waals surface area contributed by atoms with Crippen molar-refractivity contribution >= 4 is 46.4 Å². The lowest BCUT2D eigenvalue weighted by atomic mass is 10.0. The molecule has 1 heterocycles. The van der Waals surface area contributed by atoms with Gasteiger partial charge in [-0.2, -0.15) is 0 Å². The van der Waals surface area contributed by atoms with Crippen LogP contribution >= 0.6 is 0 Å². The zero-order valence-electron chi connectivity index (χ0n) is 23.6. The van der Waals surface area contributed by atoms with Crippen molar-refractivity contribution in [2.45, 2.75) is 56.3 Å². The molecule has 5 amide bonds. The fourth-order valence-electron chi connectivity index (χ4n) is 4.46. The molecule has 0 bridgehead atoms. The largest absolute Gasteiger partial charge is 0.508 e. The minimum atomic E-state index is -1.66. The van der Waals surface area contributed by atoms with Gasteiger partial charge in [0.15, 0.2) is 0 Å². The highest BCUT2D eigenvalue weighted by molar-refractivity contribution is 5.95. The number of aliphatic carboxylic acids is 1. The number of nitrogens with one attached hydrogen (secondary N) is 4. The van der Waals surface area contributed by atoms with Gasteiger partial charge in [-0.1, -0.05) is 30.3 Å². The van der Waals surface area contributed by atoms with Crippen molar-refractivity contribution in [3.8, 4) is 5.75 Å². The van der Waals surface area contributed by atoms with Gasteiger partial charge in [0.25, 0.3) is 0 Å². The van der Waals surface area contributed by atoms with Crippen LogP contribution in [-0.2, 0) is 41.6 Å². The lowest BCUT2D eigenvalue weighted by molar-refractivity contribution is -0.143. The second-order valence-electron chi connectivity index (χ2n) is 10.2. The first-order valence-electron chi connectivity index (χ1n) is 13.6. The van der Waals surface area contributed by atoms with E-state index < -0.39 is 66.1 Å². The molecule has 4 unspecified atom stereocenters. The van der Waals surface area contributed by atoms with Gasteiger partial charge in [0.2, 0.25) is 29.5 Å². The number of H-pyrrole nitrogens is 1. The van der Waals surface area contributed by atoms with Gasteiger partial charge in [-0.25, -0.2) is 4.79 Å². The molecule has 0 aliphatic carbocycles. The number of para-hydroxylation sites is 1. The smallest absolute Gasteiger partial charge is 0.326 e. The van der Waals surface area contributed by atoms with Crippen LogP contribution in [0.15, 0.2) is 54.7 Å². The molecule has 15 heteroatoms. The summed E-state index contributed by atoms with van der Waals surface area (Å²) in [6.45, 7) is 0. The predicted octanol–water partition coefficient (Wildman–Crippen LogP) is -1.33. The fraction of sp³-hybridized carbons (Fsp3) is 0.310. The van der Waals surface area contributed by atoms with Crippen LogP contribution < -0.4 is 33.2 Å². The number of fused-ring (bicyclic) bond motifs is 1. The molecule has 0 fully saturated rings. The van der Waals surface area contributed by atoms with Gasteiger partial charge >= 0.3 is 5.97 Å². The van der Waals surface area contributed by atoms with E-state index in [1.165, 1.54) is 24.3 Å². The maximum absolute atomic E-state index is 13.7. The number of phenolic OH excluding ortho intramolecular Hbond substituents is 1. The lowest BCUT2D eigenvalue weighted by Crippen LogP contribution is -2.58. The van der Waals surface area contributed by atoms with Crippen LogP contribution in [0.5, 0.6) is 5.75 Å². The normalized spacial score (nSPS) is 13.7. The summed E-state index contributed by atoms with van der Waals surface area (Å²) in [6.07, 6.45) is 0.586. The number of aromatic nitrogens is 1. The SMILES string of the molecule is NC(=O)CCC(N)C(=O)NC(Cc1c[nH]c2ccccc12)C(=O)NC(Cc1ccc(O)cc1)C(=O)NC(CC(N)=O)C(=O)O. The molecule has 3 aromatic rings. The number of hydrogen-bond acceptors (Lipinski definition) is 8. The highest BCUT2D eigenvalue weighted by atomic mass is 16.4. The molecule has 12 N–H and O–H groups in total. The third kappa shape index (κ3) is 9.55. The van der Waals surface area contributed by atoms with Crippen LogP contribution in [0.1, 0.15) is 30.4 Å². The highest BCUT2D eigenvalue weighted by Crippen LogP contribution is 2.20. The second kappa shape index (κ2) is 15.2. The number of carboxylic acid groups (broad SMARTS) is 1. The quantitative estimate of drug-likeness (QED) is 0.0929. The van der Waals surface area contributed by atoms with Gasteiger partial charge in [0.05, 0.1) is 12.5 Å². The van der Waals surface area contributed by atoms with E-state index in [1.807, 2.05) is 18.2 Å². The molecule has 0 aliphatic rings. The Balaban J connectivity index is 1.90. The lowest BCUT2D eigenvalue weighted by Gasteiger charge is -2.25. The van der Waals surface area contributed by atoms with Crippen LogP contribution in [0, 0.1) is 0 Å². The summed E-state index contributed by atoms with van der Waals surface area (Å²) in [7, 11) is 0.